The summed E-state index contributed by atoms with van der Waals surface area (Å²) in [4.78, 5) is 22.0. The van der Waals surface area contributed by atoms with Crippen molar-refractivity contribution in [1.82, 2.24) is 9.97 Å². The highest BCUT2D eigenvalue weighted by atomic mass is 32.1. The summed E-state index contributed by atoms with van der Waals surface area (Å²) in [6, 6.07) is 11.2. The number of hydrogen-bond acceptors (Lipinski definition) is 5. The van der Waals surface area contributed by atoms with Gasteiger partial charge >= 0.3 is 0 Å². The number of aryl methyl sites for hydroxylation is 1. The summed E-state index contributed by atoms with van der Waals surface area (Å²) in [5.74, 6) is 0.726. The Morgan fingerprint density at radius 1 is 1.23 bits per heavy atom. The van der Waals surface area contributed by atoms with Crippen LogP contribution in [0.3, 0.4) is 0 Å². The van der Waals surface area contributed by atoms with E-state index in [1.807, 2.05) is 57.2 Å². The molecule has 1 amide bonds. The van der Waals surface area contributed by atoms with Gasteiger partial charge in [-0.1, -0.05) is 0 Å². The molecule has 0 fully saturated rings. The van der Waals surface area contributed by atoms with Gasteiger partial charge < -0.3 is 10.1 Å². The first-order chi connectivity index (χ1) is 12.5. The van der Waals surface area contributed by atoms with Gasteiger partial charge in [0.15, 0.2) is 0 Å². The number of carbonyl (C=O) groups excluding carboxylic acids is 1. The van der Waals surface area contributed by atoms with Gasteiger partial charge in [0, 0.05) is 28.5 Å². The molecule has 1 N–H and O–H groups in total. The SMILES string of the molecule is Cc1nc(-c2cccnc2)sc1CC(=O)Nc1ccc(OC(C)C)cc1. The molecule has 0 unspecified atom stereocenters. The second-order valence-electron chi connectivity index (χ2n) is 6.19. The molecular weight excluding hydrogens is 346 g/mol. The first kappa shape index (κ1) is 18.1. The number of ether oxygens (including phenoxy) is 1. The number of thiazole rings is 1. The molecule has 0 aliphatic rings. The lowest BCUT2D eigenvalue weighted by atomic mass is 10.2. The van der Waals surface area contributed by atoms with Crippen LogP contribution >= 0.6 is 11.3 Å². The van der Waals surface area contributed by atoms with Crippen LogP contribution in [0.2, 0.25) is 0 Å². The quantitative estimate of drug-likeness (QED) is 0.697. The number of amides is 1. The number of hydrogen-bond donors (Lipinski definition) is 1. The fourth-order valence-corrected chi connectivity index (χ4v) is 3.50. The number of carbonyl (C=O) groups is 1. The van der Waals surface area contributed by atoms with Crippen molar-refractivity contribution < 1.29 is 9.53 Å². The van der Waals surface area contributed by atoms with Gasteiger partial charge in [-0.25, -0.2) is 4.98 Å². The lowest BCUT2D eigenvalue weighted by Gasteiger charge is -2.10. The van der Waals surface area contributed by atoms with Gasteiger partial charge in [-0.2, -0.15) is 0 Å². The van der Waals surface area contributed by atoms with Gasteiger partial charge in [-0.15, -0.1) is 11.3 Å². The number of aromatic nitrogens is 2. The summed E-state index contributed by atoms with van der Waals surface area (Å²) in [6.07, 6.45) is 3.94. The van der Waals surface area contributed by atoms with Crippen molar-refractivity contribution in [1.29, 1.82) is 0 Å². The number of nitrogens with zero attached hydrogens (tertiary/aromatic N) is 2. The van der Waals surface area contributed by atoms with Crippen molar-refractivity contribution >= 4 is 22.9 Å². The Morgan fingerprint density at radius 2 is 2.00 bits per heavy atom. The van der Waals surface area contributed by atoms with Gasteiger partial charge in [0.2, 0.25) is 5.91 Å². The maximum Gasteiger partial charge on any atom is 0.229 e. The van der Waals surface area contributed by atoms with Crippen LogP contribution in [0, 0.1) is 6.92 Å². The van der Waals surface area contributed by atoms with Crippen molar-refractivity contribution in [3.05, 3.63) is 59.4 Å². The Morgan fingerprint density at radius 3 is 2.65 bits per heavy atom. The van der Waals surface area contributed by atoms with Crippen molar-refractivity contribution in [3.8, 4) is 16.3 Å². The molecule has 0 saturated heterocycles. The Balaban J connectivity index is 1.64. The van der Waals surface area contributed by atoms with E-state index in [2.05, 4.69) is 15.3 Å². The molecule has 2 aromatic heterocycles. The number of anilines is 1. The average Bonchev–Trinajstić information content (AvgIpc) is 2.97. The average molecular weight is 367 g/mol. The van der Waals surface area contributed by atoms with Gasteiger partial charge in [-0.3, -0.25) is 9.78 Å². The van der Waals surface area contributed by atoms with E-state index in [1.54, 1.807) is 12.4 Å². The number of benzene rings is 1. The predicted octanol–water partition coefficient (Wildman–Crippen LogP) is 4.48. The molecular formula is C20H21N3O2S. The Kier molecular flexibility index (Phi) is 5.63. The monoisotopic (exact) mass is 367 g/mol. The van der Waals surface area contributed by atoms with E-state index in [9.17, 15) is 4.79 Å². The number of rotatable bonds is 6. The molecule has 0 atom stereocenters. The van der Waals surface area contributed by atoms with Crippen LogP contribution in [0.5, 0.6) is 5.75 Å². The third kappa shape index (κ3) is 4.67. The number of pyridine rings is 1. The van der Waals surface area contributed by atoms with E-state index in [-0.39, 0.29) is 12.0 Å². The van der Waals surface area contributed by atoms with Gasteiger partial charge in [-0.05, 0) is 57.2 Å². The van der Waals surface area contributed by atoms with E-state index >= 15 is 0 Å². The van der Waals surface area contributed by atoms with Crippen molar-refractivity contribution in [3.63, 3.8) is 0 Å². The highest BCUT2D eigenvalue weighted by molar-refractivity contribution is 7.15. The Bertz CT molecular complexity index is 874. The van der Waals surface area contributed by atoms with E-state index < -0.39 is 0 Å². The van der Waals surface area contributed by atoms with Crippen molar-refractivity contribution in [2.75, 3.05) is 5.32 Å². The molecule has 3 rings (SSSR count). The molecule has 3 aromatic rings. The van der Waals surface area contributed by atoms with Gasteiger partial charge in [0.1, 0.15) is 10.8 Å². The minimum Gasteiger partial charge on any atom is -0.491 e. The van der Waals surface area contributed by atoms with Crippen LogP contribution in [-0.4, -0.2) is 22.0 Å². The Labute approximate surface area is 157 Å². The first-order valence-electron chi connectivity index (χ1n) is 8.44. The minimum absolute atomic E-state index is 0.0629. The highest BCUT2D eigenvalue weighted by Gasteiger charge is 2.13. The molecule has 1 aromatic carbocycles. The second kappa shape index (κ2) is 8.10. The minimum atomic E-state index is -0.0629. The summed E-state index contributed by atoms with van der Waals surface area (Å²) in [6.45, 7) is 5.89. The molecule has 0 bridgehead atoms. The zero-order chi connectivity index (χ0) is 18.5. The lowest BCUT2D eigenvalue weighted by molar-refractivity contribution is -0.115. The fraction of sp³-hybridized carbons (Fsp3) is 0.250. The normalized spacial score (nSPS) is 10.8. The molecule has 2 heterocycles. The Hall–Kier alpha value is -2.73. The first-order valence-corrected chi connectivity index (χ1v) is 9.26. The molecule has 26 heavy (non-hydrogen) atoms. The molecule has 0 spiro atoms. The molecule has 0 saturated carbocycles. The summed E-state index contributed by atoms with van der Waals surface area (Å²) in [5, 5.41) is 3.80. The highest BCUT2D eigenvalue weighted by Crippen LogP contribution is 2.28. The molecule has 0 aliphatic carbocycles. The molecule has 134 valence electrons. The summed E-state index contributed by atoms with van der Waals surface area (Å²) in [5.41, 5.74) is 2.60. The van der Waals surface area contributed by atoms with Gasteiger partial charge in [0.05, 0.1) is 18.2 Å². The maximum atomic E-state index is 12.4. The number of nitrogens with one attached hydrogen (secondary N) is 1. The predicted molar refractivity (Wildman–Crippen MR) is 105 cm³/mol. The third-order valence-electron chi connectivity index (χ3n) is 3.63. The standard InChI is InChI=1S/C20H21N3O2S/c1-13(2)25-17-8-6-16(7-9-17)23-19(24)11-18-14(3)22-20(26-18)15-5-4-10-21-12-15/h4-10,12-13H,11H2,1-3H3,(H,23,24). The van der Waals surface area contributed by atoms with Crippen LogP contribution in [0.25, 0.3) is 10.6 Å². The molecule has 0 aliphatic heterocycles. The molecule has 6 heteroatoms. The summed E-state index contributed by atoms with van der Waals surface area (Å²) >= 11 is 1.53. The maximum absolute atomic E-state index is 12.4. The van der Waals surface area contributed by atoms with Crippen LogP contribution < -0.4 is 10.1 Å². The molecule has 0 radical (unpaired) electrons. The van der Waals surface area contributed by atoms with Crippen LogP contribution in [0.15, 0.2) is 48.8 Å². The lowest BCUT2D eigenvalue weighted by Crippen LogP contribution is -2.14. The third-order valence-corrected chi connectivity index (χ3v) is 4.84. The van der Waals surface area contributed by atoms with E-state index in [0.717, 1.165) is 32.6 Å². The van der Waals surface area contributed by atoms with E-state index in [1.165, 1.54) is 11.3 Å². The summed E-state index contributed by atoms with van der Waals surface area (Å²) in [7, 11) is 0. The zero-order valence-corrected chi connectivity index (χ0v) is 15.8. The fourth-order valence-electron chi connectivity index (χ4n) is 2.44. The second-order valence-corrected chi connectivity index (χ2v) is 7.27. The van der Waals surface area contributed by atoms with Crippen LogP contribution in [0.1, 0.15) is 24.4 Å². The van der Waals surface area contributed by atoms with Crippen molar-refractivity contribution in [2.24, 2.45) is 0 Å². The van der Waals surface area contributed by atoms with E-state index in [0.29, 0.717) is 6.42 Å². The van der Waals surface area contributed by atoms with E-state index in [4.69, 9.17) is 4.74 Å². The zero-order valence-electron chi connectivity index (χ0n) is 15.0. The largest absolute Gasteiger partial charge is 0.491 e. The topological polar surface area (TPSA) is 64.1 Å². The smallest absolute Gasteiger partial charge is 0.229 e. The molecule has 5 nitrogen and oxygen atoms in total. The summed E-state index contributed by atoms with van der Waals surface area (Å²) < 4.78 is 5.61. The van der Waals surface area contributed by atoms with Crippen LogP contribution in [-0.2, 0) is 11.2 Å². The van der Waals surface area contributed by atoms with Crippen molar-refractivity contribution in [2.45, 2.75) is 33.3 Å². The van der Waals surface area contributed by atoms with Gasteiger partial charge in [0.25, 0.3) is 0 Å². The van der Waals surface area contributed by atoms with Crippen LogP contribution in [0.4, 0.5) is 5.69 Å².